The molecule has 1 N–H and O–H groups in total. The van der Waals surface area contributed by atoms with Crippen LogP contribution in [0.3, 0.4) is 0 Å². The molecule has 0 saturated carbocycles. The van der Waals surface area contributed by atoms with Crippen molar-refractivity contribution in [1.29, 1.82) is 0 Å². The summed E-state index contributed by atoms with van der Waals surface area (Å²) < 4.78 is 0. The van der Waals surface area contributed by atoms with E-state index in [-0.39, 0.29) is 5.91 Å². The zero-order valence-electron chi connectivity index (χ0n) is 18.4. The minimum Gasteiger partial charge on any atom is -0.368 e. The molecule has 1 aliphatic carbocycles. The number of amides is 1. The van der Waals surface area contributed by atoms with Crippen LogP contribution in [0.5, 0.6) is 0 Å². The Morgan fingerprint density at radius 2 is 1.71 bits per heavy atom. The highest BCUT2D eigenvalue weighted by atomic mass is 35.5. The minimum atomic E-state index is 0.111. The number of allylic oxidation sites excluding steroid dienone is 1. The Balaban J connectivity index is 1.16. The maximum Gasteiger partial charge on any atom is 0.247 e. The molecule has 0 atom stereocenters. The third kappa shape index (κ3) is 5.31. The second-order valence-corrected chi connectivity index (χ2v) is 8.91. The number of nitrogens with zero attached hydrogens (tertiary/aromatic N) is 2. The van der Waals surface area contributed by atoms with Crippen LogP contribution in [0.2, 0.25) is 5.02 Å². The van der Waals surface area contributed by atoms with Gasteiger partial charge in [-0.2, -0.15) is 0 Å². The first-order valence-electron chi connectivity index (χ1n) is 11.4. The van der Waals surface area contributed by atoms with Crippen LogP contribution in [0.1, 0.15) is 37.3 Å². The number of benzene rings is 2. The Morgan fingerprint density at radius 3 is 2.52 bits per heavy atom. The second kappa shape index (κ2) is 10.3. The van der Waals surface area contributed by atoms with Crippen molar-refractivity contribution in [3.8, 4) is 0 Å². The lowest BCUT2D eigenvalue weighted by Gasteiger charge is -2.36. The fourth-order valence-electron chi connectivity index (χ4n) is 4.69. The zero-order valence-corrected chi connectivity index (χ0v) is 19.1. The molecule has 31 heavy (non-hydrogen) atoms. The normalized spacial score (nSPS) is 16.9. The molecule has 164 valence electrons. The molecule has 0 radical (unpaired) electrons. The molecule has 2 aromatic rings. The number of hydrogen-bond donors (Lipinski definition) is 1. The molecule has 1 saturated heterocycles. The number of fused-ring (bicyclic) bond motifs is 1. The molecule has 4 nitrogen and oxygen atoms in total. The number of piperazine rings is 1. The first-order chi connectivity index (χ1) is 15.1. The van der Waals surface area contributed by atoms with Gasteiger partial charge in [0, 0.05) is 38.3 Å². The summed E-state index contributed by atoms with van der Waals surface area (Å²) in [6, 6.07) is 16.5. The Labute approximate surface area is 190 Å². The Morgan fingerprint density at radius 1 is 0.968 bits per heavy atom. The maximum absolute atomic E-state index is 12.7. The van der Waals surface area contributed by atoms with Gasteiger partial charge in [-0.05, 0) is 68.0 Å². The predicted octanol–water partition coefficient (Wildman–Crippen LogP) is 4.78. The predicted molar refractivity (Wildman–Crippen MR) is 130 cm³/mol. The Hall–Kier alpha value is -2.30. The van der Waals surface area contributed by atoms with Crippen LogP contribution >= 0.6 is 11.6 Å². The number of aryl methyl sites for hydroxylation is 1. The topological polar surface area (TPSA) is 35.6 Å². The SMILES string of the molecule is CC1=C(C(=O)NCCCCN2CCN(c3ccccc3Cl)CC2)CCc2ccccc21. The summed E-state index contributed by atoms with van der Waals surface area (Å²) in [5.41, 5.74) is 5.81. The quantitative estimate of drug-likeness (QED) is 0.633. The highest BCUT2D eigenvalue weighted by Gasteiger charge is 2.21. The third-order valence-electron chi connectivity index (χ3n) is 6.54. The highest BCUT2D eigenvalue weighted by molar-refractivity contribution is 6.33. The van der Waals surface area contributed by atoms with Crippen molar-refractivity contribution in [3.05, 3.63) is 70.3 Å². The molecule has 1 amide bonds. The number of anilines is 1. The van der Waals surface area contributed by atoms with Gasteiger partial charge in [-0.3, -0.25) is 9.69 Å². The van der Waals surface area contributed by atoms with Crippen molar-refractivity contribution in [2.24, 2.45) is 0 Å². The minimum absolute atomic E-state index is 0.111. The molecule has 2 aliphatic rings. The smallest absolute Gasteiger partial charge is 0.247 e. The van der Waals surface area contributed by atoms with Gasteiger partial charge in [0.1, 0.15) is 0 Å². The van der Waals surface area contributed by atoms with Gasteiger partial charge in [-0.1, -0.05) is 48.0 Å². The van der Waals surface area contributed by atoms with E-state index in [1.54, 1.807) is 0 Å². The third-order valence-corrected chi connectivity index (χ3v) is 6.86. The van der Waals surface area contributed by atoms with Crippen molar-refractivity contribution in [1.82, 2.24) is 10.2 Å². The lowest BCUT2D eigenvalue weighted by molar-refractivity contribution is -0.117. The van der Waals surface area contributed by atoms with Crippen molar-refractivity contribution in [2.45, 2.75) is 32.6 Å². The van der Waals surface area contributed by atoms with Crippen LogP contribution in [0, 0.1) is 0 Å². The summed E-state index contributed by atoms with van der Waals surface area (Å²) >= 11 is 6.33. The van der Waals surface area contributed by atoms with Crippen molar-refractivity contribution in [3.63, 3.8) is 0 Å². The van der Waals surface area contributed by atoms with Gasteiger partial charge >= 0.3 is 0 Å². The second-order valence-electron chi connectivity index (χ2n) is 8.50. The number of carbonyl (C=O) groups excluding carboxylic acids is 1. The van der Waals surface area contributed by atoms with Crippen LogP contribution in [0.25, 0.3) is 5.57 Å². The van der Waals surface area contributed by atoms with Gasteiger partial charge in [0.05, 0.1) is 10.7 Å². The molecule has 4 rings (SSSR count). The molecule has 1 aliphatic heterocycles. The summed E-state index contributed by atoms with van der Waals surface area (Å²) in [5.74, 6) is 0.111. The number of unbranched alkanes of at least 4 members (excludes halogenated alkanes) is 1. The number of rotatable bonds is 7. The number of halogens is 1. The van der Waals surface area contributed by atoms with E-state index in [4.69, 9.17) is 11.6 Å². The molecule has 2 aromatic carbocycles. The molecular formula is C26H32ClN3O. The largest absolute Gasteiger partial charge is 0.368 e. The van der Waals surface area contributed by atoms with Gasteiger partial charge in [0.15, 0.2) is 0 Å². The number of hydrogen-bond acceptors (Lipinski definition) is 3. The molecule has 5 heteroatoms. The Bertz CT molecular complexity index is 947. The standard InChI is InChI=1S/C26H32ClN3O/c1-20-22-9-3-2-8-21(22)12-13-23(20)26(31)28-14-6-7-15-29-16-18-30(19-17-29)25-11-5-4-10-24(25)27/h2-5,8-11H,6-7,12-19H2,1H3,(H,28,31). The molecule has 0 bridgehead atoms. The molecule has 1 heterocycles. The van der Waals surface area contributed by atoms with Gasteiger partial charge in [-0.25, -0.2) is 0 Å². The molecule has 0 aromatic heterocycles. The summed E-state index contributed by atoms with van der Waals surface area (Å²) in [7, 11) is 0. The maximum atomic E-state index is 12.7. The van der Waals surface area contributed by atoms with Gasteiger partial charge in [-0.15, -0.1) is 0 Å². The van der Waals surface area contributed by atoms with Gasteiger partial charge < -0.3 is 10.2 Å². The van der Waals surface area contributed by atoms with Gasteiger partial charge in [0.25, 0.3) is 0 Å². The number of nitrogens with one attached hydrogen (secondary N) is 1. The summed E-state index contributed by atoms with van der Waals surface area (Å²) in [6.07, 6.45) is 3.91. The lowest BCUT2D eigenvalue weighted by atomic mass is 9.86. The number of para-hydroxylation sites is 1. The van der Waals surface area contributed by atoms with Crippen molar-refractivity contribution >= 4 is 28.8 Å². The fourth-order valence-corrected chi connectivity index (χ4v) is 4.94. The molecule has 1 fully saturated rings. The van der Waals surface area contributed by atoms with Crippen molar-refractivity contribution < 1.29 is 4.79 Å². The highest BCUT2D eigenvalue weighted by Crippen LogP contribution is 2.31. The fraction of sp³-hybridized carbons (Fsp3) is 0.423. The van der Waals surface area contributed by atoms with E-state index in [0.29, 0.717) is 0 Å². The lowest BCUT2D eigenvalue weighted by Crippen LogP contribution is -2.46. The van der Waals surface area contributed by atoms with Crippen molar-refractivity contribution in [2.75, 3.05) is 44.2 Å². The molecule has 0 unspecified atom stereocenters. The summed E-state index contributed by atoms with van der Waals surface area (Å²) in [5, 5.41) is 3.98. The van der Waals surface area contributed by atoms with Crippen LogP contribution < -0.4 is 10.2 Å². The first-order valence-corrected chi connectivity index (χ1v) is 11.8. The van der Waals surface area contributed by atoms with Crippen LogP contribution in [0.4, 0.5) is 5.69 Å². The molecular weight excluding hydrogens is 406 g/mol. The van der Waals surface area contributed by atoms with Crippen LogP contribution in [-0.2, 0) is 11.2 Å². The summed E-state index contributed by atoms with van der Waals surface area (Å²) in [6.45, 7) is 8.05. The van der Waals surface area contributed by atoms with E-state index in [1.807, 2.05) is 18.2 Å². The molecule has 0 spiro atoms. The van der Waals surface area contributed by atoms with Gasteiger partial charge in [0.2, 0.25) is 5.91 Å². The zero-order chi connectivity index (χ0) is 21.6. The van der Waals surface area contributed by atoms with E-state index < -0.39 is 0 Å². The number of carbonyl (C=O) groups is 1. The van der Waals surface area contributed by atoms with Crippen LogP contribution in [0.15, 0.2) is 54.1 Å². The van der Waals surface area contributed by atoms with Crippen LogP contribution in [-0.4, -0.2) is 50.1 Å². The van der Waals surface area contributed by atoms with E-state index in [0.717, 1.165) is 86.8 Å². The Kier molecular flexibility index (Phi) is 7.31. The van der Waals surface area contributed by atoms with E-state index in [2.05, 4.69) is 52.4 Å². The van der Waals surface area contributed by atoms with E-state index >= 15 is 0 Å². The monoisotopic (exact) mass is 437 g/mol. The van der Waals surface area contributed by atoms with E-state index in [9.17, 15) is 4.79 Å². The first kappa shape index (κ1) is 21.9. The average Bonchev–Trinajstić information content (AvgIpc) is 2.80. The van der Waals surface area contributed by atoms with E-state index in [1.165, 1.54) is 11.1 Å². The summed E-state index contributed by atoms with van der Waals surface area (Å²) in [4.78, 5) is 17.6. The average molecular weight is 438 g/mol.